The predicted molar refractivity (Wildman–Crippen MR) is 253 cm³/mol. The van der Waals surface area contributed by atoms with Crippen molar-refractivity contribution < 1.29 is 32.5 Å². The Kier molecular flexibility index (Phi) is 11.5. The number of rotatable bonds is 8. The average Bonchev–Trinajstić information content (AvgIpc) is 3.83. The molecular weight excluding hydrogens is 843 g/mol. The molecule has 0 spiro atoms. The number of aromatic nitrogens is 3. The lowest BCUT2D eigenvalue weighted by Gasteiger charge is -2.48. The van der Waals surface area contributed by atoms with E-state index in [2.05, 4.69) is 69.4 Å². The second-order valence-corrected chi connectivity index (χ2v) is 26.6. The molecule has 1 unspecified atom stereocenters. The number of methoxy groups -OCH3 is 1. The molecule has 5 aliphatic rings. The van der Waals surface area contributed by atoms with Crippen LogP contribution < -0.4 is 14.4 Å². The van der Waals surface area contributed by atoms with Crippen LogP contribution in [0.1, 0.15) is 100 Å². The Hall–Kier alpha value is -4.84. The third-order valence-corrected chi connectivity index (χ3v) is 21.5. The number of pyridine rings is 1. The van der Waals surface area contributed by atoms with Gasteiger partial charge in [-0.15, -0.1) is 5.54 Å². The second-order valence-electron chi connectivity index (χ2n) is 21.0. The van der Waals surface area contributed by atoms with Gasteiger partial charge >= 0.3 is 12.1 Å². The maximum Gasteiger partial charge on any atom is 0.410 e. The van der Waals surface area contributed by atoms with Crippen LogP contribution >= 0.6 is 0 Å². The number of ether oxygens (including phenoxy) is 4. The summed E-state index contributed by atoms with van der Waals surface area (Å²) in [6.45, 7) is 27.4. The highest BCUT2D eigenvalue weighted by Gasteiger charge is 2.56. The number of nitrogens with zero attached hydrogens (tertiary/aromatic N) is 6. The highest BCUT2D eigenvalue weighted by molar-refractivity contribution is 6.90. The van der Waals surface area contributed by atoms with E-state index < -0.39 is 43.0 Å². The van der Waals surface area contributed by atoms with E-state index in [-0.39, 0.29) is 59.6 Å². The van der Waals surface area contributed by atoms with Crippen molar-refractivity contribution in [3.05, 3.63) is 59.7 Å². The van der Waals surface area contributed by atoms with Crippen LogP contribution in [-0.4, -0.2) is 114 Å². The van der Waals surface area contributed by atoms with Crippen molar-refractivity contribution in [3.63, 3.8) is 0 Å². The van der Waals surface area contributed by atoms with Gasteiger partial charge < -0.3 is 23.8 Å². The lowest BCUT2D eigenvalue weighted by molar-refractivity contribution is -0.0120. The molecule has 0 radical (unpaired) electrons. The molecule has 4 saturated heterocycles. The lowest BCUT2D eigenvalue weighted by Crippen LogP contribution is -2.65. The quantitative estimate of drug-likeness (QED) is 0.0965. The van der Waals surface area contributed by atoms with Crippen LogP contribution in [0.3, 0.4) is 0 Å². The van der Waals surface area contributed by atoms with E-state index in [0.29, 0.717) is 57.1 Å². The van der Waals surface area contributed by atoms with Crippen molar-refractivity contribution in [2.45, 2.75) is 153 Å². The van der Waals surface area contributed by atoms with Gasteiger partial charge in [0.15, 0.2) is 5.82 Å². The fourth-order valence-electron chi connectivity index (χ4n) is 12.5. The fourth-order valence-corrected chi connectivity index (χ4v) is 17.7. The Labute approximate surface area is 383 Å². The minimum absolute atomic E-state index is 0.00573. The minimum atomic E-state index is -2.30. The molecule has 4 fully saturated rings. The molecule has 1 amide bonds. The summed E-state index contributed by atoms with van der Waals surface area (Å²) in [5, 5.41) is 1.49. The van der Waals surface area contributed by atoms with Crippen LogP contribution in [0.15, 0.2) is 42.5 Å². The largest absolute Gasteiger partial charge is 0.472 e. The molecule has 346 valence electrons. The molecule has 9 rings (SSSR count). The van der Waals surface area contributed by atoms with Crippen molar-refractivity contribution in [1.29, 1.82) is 0 Å². The Morgan fingerprint density at radius 2 is 1.75 bits per heavy atom. The van der Waals surface area contributed by atoms with E-state index in [1.165, 1.54) is 6.07 Å². The molecule has 4 aromatic rings. The Bertz CT molecular complexity index is 2620. The maximum absolute atomic E-state index is 18.1. The van der Waals surface area contributed by atoms with E-state index in [1.54, 1.807) is 19.2 Å². The number of hydrogen-bond acceptors (Lipinski definition) is 10. The summed E-state index contributed by atoms with van der Waals surface area (Å²) in [6, 6.07) is 7.76. The van der Waals surface area contributed by atoms with E-state index >= 15 is 8.78 Å². The van der Waals surface area contributed by atoms with Crippen molar-refractivity contribution >= 4 is 41.7 Å². The number of fused-ring (bicyclic) bond motifs is 7. The smallest absolute Gasteiger partial charge is 0.410 e. The predicted octanol–water partition coefficient (Wildman–Crippen LogP) is 10.2. The Balaban J connectivity index is 1.24. The van der Waals surface area contributed by atoms with Gasteiger partial charge in [-0.1, -0.05) is 83.9 Å². The molecule has 0 N–H and O–H groups in total. The molecule has 0 saturated carbocycles. The number of piperazine rings is 1. The van der Waals surface area contributed by atoms with Gasteiger partial charge in [0.25, 0.3) is 0 Å². The standard InChI is InChI=1S/C51H64F2N6O5Si/c1-28(2)65(29(3)4,30(5)6)23-21-35-37(52)18-16-33-14-13-15-36(40(33)35)43-42(53)44-41-46(56-48(55-44)62-27-51-24-31(7)25-57(51)22-20-39(51)61-12)58-26-34-17-19-38(45(58)32(8)63-47(41)54-43)59(34)49(60)64-50(9,10)11/h13-16,18,28-30,32,34,38-39,45H,7,17,19-20,22,24-27H2,1-6,8-12H3/t32-,34+,38-,39-,45+,51?/m0/s1. The normalized spacial score (nSPS) is 25.3. The number of amides is 1. The zero-order valence-corrected chi connectivity index (χ0v) is 40.8. The molecule has 0 aliphatic carbocycles. The molecule has 7 heterocycles. The number of benzene rings is 2. The molecule has 2 bridgehead atoms. The number of halogens is 2. The summed E-state index contributed by atoms with van der Waals surface area (Å²) in [5.41, 5.74) is 5.14. The van der Waals surface area contributed by atoms with Gasteiger partial charge in [0, 0.05) is 37.7 Å². The summed E-state index contributed by atoms with van der Waals surface area (Å²) >= 11 is 0. The van der Waals surface area contributed by atoms with Gasteiger partial charge in [-0.2, -0.15) is 9.97 Å². The van der Waals surface area contributed by atoms with E-state index in [0.717, 1.165) is 37.9 Å². The molecule has 11 nitrogen and oxygen atoms in total. The van der Waals surface area contributed by atoms with E-state index in [1.807, 2.05) is 44.7 Å². The molecule has 2 aromatic carbocycles. The summed E-state index contributed by atoms with van der Waals surface area (Å²) in [7, 11) is -0.577. The molecule has 14 heteroatoms. The third kappa shape index (κ3) is 7.35. The summed E-state index contributed by atoms with van der Waals surface area (Å²) in [4.78, 5) is 35.2. The summed E-state index contributed by atoms with van der Waals surface area (Å²) < 4.78 is 60.0. The number of carbonyl (C=O) groups excluding carboxylic acids is 1. The first kappa shape index (κ1) is 45.3. The van der Waals surface area contributed by atoms with Crippen LogP contribution in [-0.2, 0) is 9.47 Å². The Morgan fingerprint density at radius 1 is 1.02 bits per heavy atom. The van der Waals surface area contributed by atoms with Crippen molar-refractivity contribution in [2.24, 2.45) is 0 Å². The van der Waals surface area contributed by atoms with Gasteiger partial charge in [0.05, 0.1) is 35.3 Å². The zero-order chi connectivity index (χ0) is 46.5. The Morgan fingerprint density at radius 3 is 2.45 bits per heavy atom. The zero-order valence-electron chi connectivity index (χ0n) is 39.8. The fraction of sp³-hybridized carbons (Fsp3) is 0.569. The molecule has 2 aromatic heterocycles. The van der Waals surface area contributed by atoms with Crippen LogP contribution in [0.25, 0.3) is 32.9 Å². The van der Waals surface area contributed by atoms with E-state index in [9.17, 15) is 4.79 Å². The minimum Gasteiger partial charge on any atom is -0.472 e. The van der Waals surface area contributed by atoms with Crippen LogP contribution in [0.2, 0.25) is 16.6 Å². The monoisotopic (exact) mass is 906 g/mol. The van der Waals surface area contributed by atoms with E-state index in [4.69, 9.17) is 33.9 Å². The highest BCUT2D eigenvalue weighted by Crippen LogP contribution is 2.49. The van der Waals surface area contributed by atoms with Gasteiger partial charge in [-0.05, 0) is 81.5 Å². The van der Waals surface area contributed by atoms with Crippen LogP contribution in [0, 0.1) is 23.1 Å². The summed E-state index contributed by atoms with van der Waals surface area (Å²) in [6.07, 6.45) is 2.02. The highest BCUT2D eigenvalue weighted by atomic mass is 28.3. The van der Waals surface area contributed by atoms with Crippen molar-refractivity contribution in [2.75, 3.05) is 38.3 Å². The van der Waals surface area contributed by atoms with Crippen molar-refractivity contribution in [1.82, 2.24) is 24.8 Å². The first-order valence-corrected chi connectivity index (χ1v) is 25.7. The lowest BCUT2D eigenvalue weighted by atomic mass is 9.91. The van der Waals surface area contributed by atoms with Gasteiger partial charge in [0.1, 0.15) is 54.6 Å². The van der Waals surface area contributed by atoms with Crippen molar-refractivity contribution in [3.8, 4) is 34.6 Å². The van der Waals surface area contributed by atoms with Gasteiger partial charge in [-0.25, -0.2) is 18.6 Å². The first-order chi connectivity index (χ1) is 30.8. The third-order valence-electron chi connectivity index (χ3n) is 15.2. The molecule has 65 heavy (non-hydrogen) atoms. The molecular formula is C51H64F2N6O5Si. The SMILES string of the molecule is C=C1CN2CC[C@H](OC)C2(COc2nc3c4c(nc(-c5cccc6ccc(F)c(C#C[Si](C(C)C)(C(C)C)C(C)C)c56)c(F)c4n2)O[C@@H](C)[C@@H]2[C@@H]4CC[C@H](CN32)N4C(=O)OC(C)(C)C)C1. The average molecular weight is 907 g/mol. The molecule has 6 atom stereocenters. The number of carbonyl (C=O) groups is 1. The van der Waals surface area contributed by atoms with Crippen LogP contribution in [0.5, 0.6) is 11.9 Å². The topological polar surface area (TPSA) is 102 Å². The van der Waals surface area contributed by atoms with Crippen LogP contribution in [0.4, 0.5) is 19.4 Å². The first-order valence-electron chi connectivity index (χ1n) is 23.5. The number of hydrogen-bond donors (Lipinski definition) is 0. The van der Waals surface area contributed by atoms with Gasteiger partial charge in [-0.3, -0.25) is 9.80 Å². The second kappa shape index (κ2) is 16.5. The summed E-state index contributed by atoms with van der Waals surface area (Å²) in [5.74, 6) is 2.76. The van der Waals surface area contributed by atoms with Gasteiger partial charge in [0.2, 0.25) is 5.88 Å². The number of anilines is 1. The molecule has 5 aliphatic heterocycles. The maximum atomic E-state index is 18.1.